The summed E-state index contributed by atoms with van der Waals surface area (Å²) in [5.41, 5.74) is 0. The molecule has 2 heterocycles. The van der Waals surface area contributed by atoms with E-state index >= 15 is 0 Å². The molecule has 1 fully saturated rings. The number of hydrogen-bond acceptors (Lipinski definition) is 3. The Morgan fingerprint density at radius 3 is 3.00 bits per heavy atom. The standard InChI is InChI=1S/C13H21N3O/c1-11(17)9-12-5-3-4-7-16(12)10-13-14-6-8-15(13)2/h6,8,12H,3-5,7,9-10H2,1-2H3. The van der Waals surface area contributed by atoms with Crippen LogP contribution >= 0.6 is 0 Å². The van der Waals surface area contributed by atoms with Crippen molar-refractivity contribution in [3.8, 4) is 0 Å². The molecule has 94 valence electrons. The van der Waals surface area contributed by atoms with E-state index in [0.717, 1.165) is 25.3 Å². The van der Waals surface area contributed by atoms with Gasteiger partial charge in [0, 0.05) is 31.9 Å². The number of likely N-dealkylation sites (tertiary alicyclic amines) is 1. The molecule has 0 aromatic carbocycles. The van der Waals surface area contributed by atoms with Crippen molar-refractivity contribution in [3.05, 3.63) is 18.2 Å². The molecule has 0 spiro atoms. The first-order valence-electron chi connectivity index (χ1n) is 6.36. The van der Waals surface area contributed by atoms with Crippen LogP contribution < -0.4 is 0 Å². The third kappa shape index (κ3) is 3.16. The van der Waals surface area contributed by atoms with Gasteiger partial charge in [-0.15, -0.1) is 0 Å². The number of aromatic nitrogens is 2. The van der Waals surface area contributed by atoms with Gasteiger partial charge in [-0.25, -0.2) is 4.98 Å². The average Bonchev–Trinajstić information content (AvgIpc) is 2.67. The highest BCUT2D eigenvalue weighted by molar-refractivity contribution is 5.76. The lowest BCUT2D eigenvalue weighted by molar-refractivity contribution is -0.118. The van der Waals surface area contributed by atoms with E-state index in [1.807, 2.05) is 19.4 Å². The van der Waals surface area contributed by atoms with E-state index < -0.39 is 0 Å². The van der Waals surface area contributed by atoms with Crippen molar-refractivity contribution in [1.82, 2.24) is 14.5 Å². The maximum Gasteiger partial charge on any atom is 0.131 e. The number of nitrogens with zero attached hydrogens (tertiary/aromatic N) is 3. The molecule has 1 saturated heterocycles. The predicted octanol–water partition coefficient (Wildman–Crippen LogP) is 1.75. The molecule has 1 unspecified atom stereocenters. The van der Waals surface area contributed by atoms with Crippen molar-refractivity contribution in [2.75, 3.05) is 6.54 Å². The van der Waals surface area contributed by atoms with Crippen LogP contribution in [0.4, 0.5) is 0 Å². The van der Waals surface area contributed by atoms with Crippen LogP contribution in [-0.4, -0.2) is 32.8 Å². The number of Topliss-reactive ketones (excluding diaryl/α,β-unsaturated/α-hetero) is 1. The third-order valence-corrected chi connectivity index (χ3v) is 3.54. The highest BCUT2D eigenvalue weighted by atomic mass is 16.1. The molecule has 17 heavy (non-hydrogen) atoms. The third-order valence-electron chi connectivity index (χ3n) is 3.54. The zero-order chi connectivity index (χ0) is 12.3. The zero-order valence-corrected chi connectivity index (χ0v) is 10.7. The van der Waals surface area contributed by atoms with Crippen molar-refractivity contribution in [1.29, 1.82) is 0 Å². The van der Waals surface area contributed by atoms with Crippen molar-refractivity contribution >= 4 is 5.78 Å². The predicted molar refractivity (Wildman–Crippen MR) is 66.6 cm³/mol. The second-order valence-corrected chi connectivity index (χ2v) is 4.98. The summed E-state index contributed by atoms with van der Waals surface area (Å²) in [6.07, 6.45) is 8.11. The van der Waals surface area contributed by atoms with E-state index in [2.05, 4.69) is 14.5 Å². The van der Waals surface area contributed by atoms with Gasteiger partial charge in [0.05, 0.1) is 6.54 Å². The Balaban J connectivity index is 2.01. The highest BCUT2D eigenvalue weighted by Gasteiger charge is 2.24. The molecule has 0 saturated carbocycles. The lowest BCUT2D eigenvalue weighted by Gasteiger charge is -2.34. The Hall–Kier alpha value is -1.16. The molecule has 1 atom stereocenters. The van der Waals surface area contributed by atoms with Gasteiger partial charge < -0.3 is 4.57 Å². The lowest BCUT2D eigenvalue weighted by Crippen LogP contribution is -2.40. The normalized spacial score (nSPS) is 21.6. The SMILES string of the molecule is CC(=O)CC1CCCCN1Cc1nccn1C. The number of carbonyl (C=O) groups excluding carboxylic acids is 1. The topological polar surface area (TPSA) is 38.1 Å². The molecule has 1 aliphatic rings. The van der Waals surface area contributed by atoms with Crippen LogP contribution in [0.2, 0.25) is 0 Å². The van der Waals surface area contributed by atoms with Crippen LogP contribution in [-0.2, 0) is 18.4 Å². The van der Waals surface area contributed by atoms with Gasteiger partial charge >= 0.3 is 0 Å². The molecule has 0 aliphatic carbocycles. The maximum absolute atomic E-state index is 11.3. The summed E-state index contributed by atoms with van der Waals surface area (Å²) in [4.78, 5) is 18.0. The van der Waals surface area contributed by atoms with E-state index in [4.69, 9.17) is 0 Å². The molecular weight excluding hydrogens is 214 g/mol. The van der Waals surface area contributed by atoms with Crippen LogP contribution in [0.25, 0.3) is 0 Å². The van der Waals surface area contributed by atoms with Gasteiger partial charge in [0.25, 0.3) is 0 Å². The average molecular weight is 235 g/mol. The van der Waals surface area contributed by atoms with Gasteiger partial charge in [0.1, 0.15) is 11.6 Å². The largest absolute Gasteiger partial charge is 0.337 e. The molecule has 4 nitrogen and oxygen atoms in total. The minimum absolute atomic E-state index is 0.293. The second-order valence-electron chi connectivity index (χ2n) is 4.98. The molecule has 0 bridgehead atoms. The van der Waals surface area contributed by atoms with Gasteiger partial charge in [-0.05, 0) is 26.3 Å². The van der Waals surface area contributed by atoms with Crippen molar-refractivity contribution in [2.24, 2.45) is 7.05 Å². The fourth-order valence-corrected chi connectivity index (χ4v) is 2.56. The summed E-state index contributed by atoms with van der Waals surface area (Å²) in [5, 5.41) is 0. The van der Waals surface area contributed by atoms with Crippen molar-refractivity contribution < 1.29 is 4.79 Å². The fraction of sp³-hybridized carbons (Fsp3) is 0.692. The van der Waals surface area contributed by atoms with E-state index in [1.165, 1.54) is 12.8 Å². The first kappa shape index (κ1) is 12.3. The van der Waals surface area contributed by atoms with Gasteiger partial charge in [0.2, 0.25) is 0 Å². The highest BCUT2D eigenvalue weighted by Crippen LogP contribution is 2.21. The van der Waals surface area contributed by atoms with E-state index in [0.29, 0.717) is 18.2 Å². The molecule has 4 heteroatoms. The van der Waals surface area contributed by atoms with Crippen LogP contribution in [0, 0.1) is 0 Å². The molecule has 0 N–H and O–H groups in total. The smallest absolute Gasteiger partial charge is 0.131 e. The maximum atomic E-state index is 11.3. The molecule has 1 aromatic heterocycles. The quantitative estimate of drug-likeness (QED) is 0.798. The van der Waals surface area contributed by atoms with E-state index in [1.54, 1.807) is 6.92 Å². The molecule has 2 rings (SSSR count). The minimum Gasteiger partial charge on any atom is -0.337 e. The first-order chi connectivity index (χ1) is 8.16. The van der Waals surface area contributed by atoms with Gasteiger partial charge in [-0.2, -0.15) is 0 Å². The summed E-state index contributed by atoms with van der Waals surface area (Å²) in [6, 6.07) is 0.415. The zero-order valence-electron chi connectivity index (χ0n) is 10.7. The fourth-order valence-electron chi connectivity index (χ4n) is 2.56. The Morgan fingerprint density at radius 2 is 2.35 bits per heavy atom. The van der Waals surface area contributed by atoms with Gasteiger partial charge in [-0.3, -0.25) is 9.69 Å². The summed E-state index contributed by atoms with van der Waals surface area (Å²) in [5.74, 6) is 1.38. The monoisotopic (exact) mass is 235 g/mol. The second kappa shape index (κ2) is 5.45. The lowest BCUT2D eigenvalue weighted by atomic mass is 9.98. The number of ketones is 1. The number of aryl methyl sites for hydroxylation is 1. The Morgan fingerprint density at radius 1 is 1.53 bits per heavy atom. The molecule has 0 amide bonds. The number of imidazole rings is 1. The van der Waals surface area contributed by atoms with E-state index in [-0.39, 0.29) is 0 Å². The van der Waals surface area contributed by atoms with Gasteiger partial charge in [0.15, 0.2) is 0 Å². The van der Waals surface area contributed by atoms with Crippen LogP contribution in [0.3, 0.4) is 0 Å². The number of rotatable bonds is 4. The summed E-state index contributed by atoms with van der Waals surface area (Å²) in [7, 11) is 2.02. The Kier molecular flexibility index (Phi) is 3.94. The minimum atomic E-state index is 0.293. The molecule has 0 radical (unpaired) electrons. The van der Waals surface area contributed by atoms with Gasteiger partial charge in [-0.1, -0.05) is 6.42 Å². The van der Waals surface area contributed by atoms with Crippen LogP contribution in [0.15, 0.2) is 12.4 Å². The van der Waals surface area contributed by atoms with Crippen molar-refractivity contribution in [2.45, 2.75) is 45.2 Å². The summed E-state index contributed by atoms with van der Waals surface area (Å²) >= 11 is 0. The summed E-state index contributed by atoms with van der Waals surface area (Å²) < 4.78 is 2.05. The number of piperidine rings is 1. The summed E-state index contributed by atoms with van der Waals surface area (Å²) in [6.45, 7) is 3.64. The molecule has 1 aromatic rings. The Labute approximate surface area is 103 Å². The van der Waals surface area contributed by atoms with Crippen molar-refractivity contribution in [3.63, 3.8) is 0 Å². The van der Waals surface area contributed by atoms with E-state index in [9.17, 15) is 4.79 Å². The number of hydrogen-bond donors (Lipinski definition) is 0. The number of carbonyl (C=O) groups is 1. The first-order valence-corrected chi connectivity index (χ1v) is 6.36. The molecular formula is C13H21N3O. The van der Waals surface area contributed by atoms with Crippen LogP contribution in [0.5, 0.6) is 0 Å². The molecule has 1 aliphatic heterocycles. The van der Waals surface area contributed by atoms with Crippen LogP contribution in [0.1, 0.15) is 38.4 Å². The Bertz CT molecular complexity index is 386.